The number of rotatable bonds is 7. The summed E-state index contributed by atoms with van der Waals surface area (Å²) >= 11 is 0. The predicted molar refractivity (Wildman–Crippen MR) is 81.9 cm³/mol. The molecule has 0 spiro atoms. The van der Waals surface area contributed by atoms with Crippen molar-refractivity contribution in [3.8, 4) is 5.88 Å². The van der Waals surface area contributed by atoms with E-state index >= 15 is 0 Å². The van der Waals surface area contributed by atoms with Crippen LogP contribution in [0.5, 0.6) is 5.88 Å². The third kappa shape index (κ3) is 4.54. The Morgan fingerprint density at radius 2 is 1.96 bits per heavy atom. The van der Waals surface area contributed by atoms with Gasteiger partial charge in [0.15, 0.2) is 0 Å². The lowest BCUT2D eigenvalue weighted by molar-refractivity contribution is -0.306. The molecule has 0 saturated carbocycles. The highest BCUT2D eigenvalue weighted by Gasteiger charge is 2.16. The summed E-state index contributed by atoms with van der Waals surface area (Å²) in [6.07, 6.45) is 1.35. The Morgan fingerprint density at radius 3 is 2.61 bits per heavy atom. The van der Waals surface area contributed by atoms with Crippen molar-refractivity contribution in [1.29, 1.82) is 0 Å². The summed E-state index contributed by atoms with van der Waals surface area (Å²) in [5.41, 5.74) is 1.13. The van der Waals surface area contributed by atoms with E-state index in [0.29, 0.717) is 5.56 Å². The first-order valence-electron chi connectivity index (χ1n) is 7.13. The van der Waals surface area contributed by atoms with Crippen LogP contribution in [-0.2, 0) is 4.79 Å². The van der Waals surface area contributed by atoms with Gasteiger partial charge in [-0.25, -0.2) is 4.98 Å². The minimum atomic E-state index is -1.16. The van der Waals surface area contributed by atoms with Crippen LogP contribution < -0.4 is 15.2 Å². The van der Waals surface area contributed by atoms with Gasteiger partial charge in [0, 0.05) is 24.6 Å². The average Bonchev–Trinajstić information content (AvgIpc) is 2.58. The molecular weight excluding hydrogens is 296 g/mol. The number of hydrogen-bond donors (Lipinski definition) is 1. The Bertz CT molecular complexity index is 673. The number of carboxylic acids is 1. The van der Waals surface area contributed by atoms with Gasteiger partial charge >= 0.3 is 0 Å². The zero-order valence-corrected chi connectivity index (χ0v) is 12.7. The summed E-state index contributed by atoms with van der Waals surface area (Å²) in [6, 6.07) is 12.4. The summed E-state index contributed by atoms with van der Waals surface area (Å²) in [7, 11) is 1.43. The number of nitrogens with zero attached hydrogens (tertiary/aromatic N) is 1. The number of nitrogens with one attached hydrogen (secondary N) is 1. The minimum Gasteiger partial charge on any atom is -0.550 e. The summed E-state index contributed by atoms with van der Waals surface area (Å²) < 4.78 is 5.05. The molecule has 0 fully saturated rings. The van der Waals surface area contributed by atoms with Gasteiger partial charge in [-0.3, -0.25) is 4.79 Å². The molecule has 2 rings (SSSR count). The lowest BCUT2D eigenvalue weighted by atomic mass is 9.95. The third-order valence-electron chi connectivity index (χ3n) is 3.40. The van der Waals surface area contributed by atoms with E-state index in [2.05, 4.69) is 10.3 Å². The largest absolute Gasteiger partial charge is 0.550 e. The molecule has 1 atom stereocenters. The SMILES string of the molecule is COc1ncccc1C(=O)NC[C@H](CC(=O)[O-])c1ccccc1. The van der Waals surface area contributed by atoms with Gasteiger partial charge in [-0.15, -0.1) is 0 Å². The molecule has 0 aliphatic heterocycles. The van der Waals surface area contributed by atoms with Crippen molar-refractivity contribution in [1.82, 2.24) is 10.3 Å². The summed E-state index contributed by atoms with van der Waals surface area (Å²) in [5, 5.41) is 13.7. The van der Waals surface area contributed by atoms with Gasteiger partial charge in [-0.2, -0.15) is 0 Å². The fourth-order valence-electron chi connectivity index (χ4n) is 2.27. The zero-order valence-electron chi connectivity index (χ0n) is 12.7. The molecule has 1 amide bonds. The van der Waals surface area contributed by atoms with Crippen LogP contribution in [0.4, 0.5) is 0 Å². The van der Waals surface area contributed by atoms with E-state index in [9.17, 15) is 14.7 Å². The van der Waals surface area contributed by atoms with Crippen LogP contribution in [0.3, 0.4) is 0 Å². The standard InChI is InChI=1S/C17H18N2O4/c1-23-17-14(8-5-9-18-17)16(22)19-11-13(10-15(20)21)12-6-3-2-4-7-12/h2-9,13H,10-11H2,1H3,(H,19,22)(H,20,21)/p-1/t13-/m0/s1. The van der Waals surface area contributed by atoms with Gasteiger partial charge in [0.2, 0.25) is 5.88 Å². The monoisotopic (exact) mass is 313 g/mol. The topological polar surface area (TPSA) is 91.3 Å². The van der Waals surface area contributed by atoms with Crippen LogP contribution >= 0.6 is 0 Å². The van der Waals surface area contributed by atoms with Crippen molar-refractivity contribution >= 4 is 11.9 Å². The van der Waals surface area contributed by atoms with Crippen molar-refractivity contribution in [3.63, 3.8) is 0 Å². The molecule has 120 valence electrons. The first-order chi connectivity index (χ1) is 11.1. The fraction of sp³-hybridized carbons (Fsp3) is 0.235. The van der Waals surface area contributed by atoms with Crippen LogP contribution in [0.1, 0.15) is 28.3 Å². The second kappa shape index (κ2) is 7.93. The van der Waals surface area contributed by atoms with Gasteiger partial charge in [0.25, 0.3) is 5.91 Å². The fourth-order valence-corrected chi connectivity index (χ4v) is 2.27. The summed E-state index contributed by atoms with van der Waals surface area (Å²) in [5.74, 6) is -1.67. The van der Waals surface area contributed by atoms with Crippen molar-refractivity contribution < 1.29 is 19.4 Å². The number of pyridine rings is 1. The Kier molecular flexibility index (Phi) is 5.68. The molecule has 2 aromatic rings. The number of amides is 1. The highest BCUT2D eigenvalue weighted by Crippen LogP contribution is 2.19. The van der Waals surface area contributed by atoms with E-state index in [1.165, 1.54) is 13.3 Å². The third-order valence-corrected chi connectivity index (χ3v) is 3.40. The molecule has 23 heavy (non-hydrogen) atoms. The van der Waals surface area contributed by atoms with E-state index in [1.807, 2.05) is 30.3 Å². The quantitative estimate of drug-likeness (QED) is 0.814. The number of carboxylic acid groups (broad SMARTS) is 1. The van der Waals surface area contributed by atoms with Crippen molar-refractivity contribution in [2.45, 2.75) is 12.3 Å². The number of aromatic nitrogens is 1. The van der Waals surface area contributed by atoms with Crippen LogP contribution in [0.2, 0.25) is 0 Å². The Morgan fingerprint density at radius 1 is 1.22 bits per heavy atom. The van der Waals surface area contributed by atoms with E-state index in [-0.39, 0.29) is 30.7 Å². The maximum Gasteiger partial charge on any atom is 0.256 e. The lowest BCUT2D eigenvalue weighted by Gasteiger charge is -2.19. The maximum absolute atomic E-state index is 12.3. The highest BCUT2D eigenvalue weighted by atomic mass is 16.5. The van der Waals surface area contributed by atoms with Gasteiger partial charge in [-0.1, -0.05) is 30.3 Å². The minimum absolute atomic E-state index is 0.172. The Hall–Kier alpha value is -2.89. The highest BCUT2D eigenvalue weighted by molar-refractivity contribution is 5.96. The molecule has 0 aliphatic carbocycles. The number of ether oxygens (including phenoxy) is 1. The number of aliphatic carboxylic acids is 1. The van der Waals surface area contributed by atoms with E-state index in [1.54, 1.807) is 12.1 Å². The van der Waals surface area contributed by atoms with Gasteiger partial charge in [-0.05, 0) is 24.1 Å². The predicted octanol–water partition coefficient (Wildman–Crippen LogP) is 0.744. The Balaban J connectivity index is 2.09. The van der Waals surface area contributed by atoms with Gasteiger partial charge < -0.3 is 20.0 Å². The van der Waals surface area contributed by atoms with E-state index in [0.717, 1.165) is 5.56 Å². The molecule has 0 bridgehead atoms. The number of carbonyl (C=O) groups is 2. The molecule has 6 heteroatoms. The molecule has 1 N–H and O–H groups in total. The van der Waals surface area contributed by atoms with Crippen molar-refractivity contribution in [3.05, 3.63) is 59.8 Å². The second-order valence-electron chi connectivity index (χ2n) is 4.95. The molecule has 0 radical (unpaired) electrons. The van der Waals surface area contributed by atoms with Gasteiger partial charge in [0.1, 0.15) is 5.56 Å². The van der Waals surface area contributed by atoms with Gasteiger partial charge in [0.05, 0.1) is 7.11 Å². The van der Waals surface area contributed by atoms with E-state index in [4.69, 9.17) is 4.74 Å². The molecule has 0 saturated heterocycles. The molecular formula is C17H17N2O4-. The average molecular weight is 313 g/mol. The first-order valence-corrected chi connectivity index (χ1v) is 7.13. The van der Waals surface area contributed by atoms with Crippen molar-refractivity contribution in [2.24, 2.45) is 0 Å². The Labute approximate surface area is 134 Å². The number of methoxy groups -OCH3 is 1. The van der Waals surface area contributed by atoms with Crippen LogP contribution in [0.15, 0.2) is 48.7 Å². The smallest absolute Gasteiger partial charge is 0.256 e. The lowest BCUT2D eigenvalue weighted by Crippen LogP contribution is -2.32. The molecule has 1 aromatic heterocycles. The number of hydrogen-bond acceptors (Lipinski definition) is 5. The molecule has 0 aliphatic rings. The maximum atomic E-state index is 12.3. The van der Waals surface area contributed by atoms with Crippen LogP contribution in [0, 0.1) is 0 Å². The van der Waals surface area contributed by atoms with Crippen LogP contribution in [-0.4, -0.2) is 30.5 Å². The number of benzene rings is 1. The van der Waals surface area contributed by atoms with Crippen LogP contribution in [0.25, 0.3) is 0 Å². The first kappa shape index (κ1) is 16.5. The summed E-state index contributed by atoms with van der Waals surface area (Å²) in [4.78, 5) is 27.2. The zero-order chi connectivity index (χ0) is 16.7. The molecule has 1 heterocycles. The molecule has 6 nitrogen and oxygen atoms in total. The number of carbonyl (C=O) groups excluding carboxylic acids is 2. The second-order valence-corrected chi connectivity index (χ2v) is 4.95. The molecule has 0 unspecified atom stereocenters. The normalized spacial score (nSPS) is 11.5. The molecule has 1 aromatic carbocycles. The van der Waals surface area contributed by atoms with Crippen molar-refractivity contribution in [2.75, 3.05) is 13.7 Å². The van der Waals surface area contributed by atoms with E-state index < -0.39 is 5.97 Å². The summed E-state index contributed by atoms with van der Waals surface area (Å²) in [6.45, 7) is 0.175.